The predicted molar refractivity (Wildman–Crippen MR) is 135 cm³/mol. The summed E-state index contributed by atoms with van der Waals surface area (Å²) in [6, 6.07) is 7.76. The molecule has 8 heteroatoms. The Hall–Kier alpha value is -3.39. The number of piperidine rings is 1. The number of fused-ring (bicyclic) bond motifs is 3. The van der Waals surface area contributed by atoms with Gasteiger partial charge < -0.3 is 10.2 Å². The Labute approximate surface area is 202 Å². The normalized spacial score (nSPS) is 16.1. The zero-order chi connectivity index (χ0) is 23.1. The Bertz CT molecular complexity index is 1360. The van der Waals surface area contributed by atoms with Crippen molar-refractivity contribution in [3.05, 3.63) is 58.9 Å². The van der Waals surface area contributed by atoms with E-state index in [1.54, 1.807) is 12.4 Å². The standard InChI is InChI=1S/C26H26N6OS/c1-16-7-11-28-21(14-16)29-25(33)17-8-12-32(13-9-17)24-22-19-5-2-6-20(19)34-26(22)31-23(30-24)18-4-3-10-27-15-18/h3-4,7,10-11,14-15,17H,2,5-6,8-9,12-13H2,1H3,(H,28,29,33). The van der Waals surface area contributed by atoms with Crippen LogP contribution >= 0.6 is 11.3 Å². The number of anilines is 2. The number of nitrogens with zero attached hydrogens (tertiary/aromatic N) is 5. The van der Waals surface area contributed by atoms with E-state index in [0.717, 1.165) is 66.4 Å². The molecule has 1 aliphatic heterocycles. The molecule has 1 saturated heterocycles. The molecule has 2 aliphatic rings. The van der Waals surface area contributed by atoms with Gasteiger partial charge in [-0.1, -0.05) is 0 Å². The number of rotatable bonds is 4. The van der Waals surface area contributed by atoms with Crippen LogP contribution in [0.3, 0.4) is 0 Å². The number of aromatic nitrogens is 4. The van der Waals surface area contributed by atoms with Crippen LogP contribution in [0.4, 0.5) is 11.6 Å². The van der Waals surface area contributed by atoms with Gasteiger partial charge in [0, 0.05) is 48.0 Å². The lowest BCUT2D eigenvalue weighted by Gasteiger charge is -2.32. The van der Waals surface area contributed by atoms with Crippen molar-refractivity contribution in [2.45, 2.75) is 39.0 Å². The minimum absolute atomic E-state index is 0.0260. The molecule has 34 heavy (non-hydrogen) atoms. The maximum absolute atomic E-state index is 12.9. The smallest absolute Gasteiger partial charge is 0.228 e. The van der Waals surface area contributed by atoms with Crippen LogP contribution in [0.1, 0.15) is 35.3 Å². The van der Waals surface area contributed by atoms with Crippen LogP contribution in [0, 0.1) is 12.8 Å². The number of hydrogen-bond donors (Lipinski definition) is 1. The molecular weight excluding hydrogens is 444 g/mol. The summed E-state index contributed by atoms with van der Waals surface area (Å²) in [5, 5.41) is 4.22. The molecule has 172 valence electrons. The van der Waals surface area contributed by atoms with Crippen molar-refractivity contribution in [3.8, 4) is 11.4 Å². The van der Waals surface area contributed by atoms with E-state index in [1.165, 1.54) is 22.2 Å². The van der Waals surface area contributed by atoms with Crippen LogP contribution in [0.2, 0.25) is 0 Å². The zero-order valence-electron chi connectivity index (χ0n) is 19.1. The van der Waals surface area contributed by atoms with E-state index in [-0.39, 0.29) is 11.8 Å². The highest BCUT2D eigenvalue weighted by Gasteiger charge is 2.30. The van der Waals surface area contributed by atoms with Crippen LogP contribution in [0.25, 0.3) is 21.6 Å². The van der Waals surface area contributed by atoms with Crippen molar-refractivity contribution in [2.24, 2.45) is 5.92 Å². The summed E-state index contributed by atoms with van der Waals surface area (Å²) >= 11 is 1.81. The van der Waals surface area contributed by atoms with Crippen molar-refractivity contribution in [1.82, 2.24) is 19.9 Å². The first-order valence-corrected chi connectivity index (χ1v) is 12.7. The van der Waals surface area contributed by atoms with Crippen molar-refractivity contribution in [3.63, 3.8) is 0 Å². The van der Waals surface area contributed by atoms with Gasteiger partial charge in [0.1, 0.15) is 16.5 Å². The Balaban J connectivity index is 1.27. The van der Waals surface area contributed by atoms with Gasteiger partial charge in [0.25, 0.3) is 0 Å². The quantitative estimate of drug-likeness (QED) is 0.461. The molecule has 0 unspecified atom stereocenters. The summed E-state index contributed by atoms with van der Waals surface area (Å²) in [6.45, 7) is 3.59. The molecule has 5 heterocycles. The molecular formula is C26H26N6OS. The fourth-order valence-corrected chi connectivity index (χ4v) is 6.27. The minimum atomic E-state index is -0.0260. The highest BCUT2D eigenvalue weighted by Crippen LogP contribution is 2.42. The topological polar surface area (TPSA) is 83.9 Å². The Morgan fingerprint density at radius 3 is 2.82 bits per heavy atom. The van der Waals surface area contributed by atoms with Gasteiger partial charge in [-0.2, -0.15) is 0 Å². The predicted octanol–water partition coefficient (Wildman–Crippen LogP) is 4.80. The van der Waals surface area contributed by atoms with Crippen molar-refractivity contribution >= 4 is 39.1 Å². The monoisotopic (exact) mass is 470 g/mol. The summed E-state index contributed by atoms with van der Waals surface area (Å²) in [6.07, 6.45) is 10.3. The summed E-state index contributed by atoms with van der Waals surface area (Å²) in [5.41, 5.74) is 3.44. The number of nitrogens with one attached hydrogen (secondary N) is 1. The number of carbonyl (C=O) groups is 1. The number of amides is 1. The zero-order valence-corrected chi connectivity index (χ0v) is 19.9. The summed E-state index contributed by atoms with van der Waals surface area (Å²) in [7, 11) is 0. The minimum Gasteiger partial charge on any atom is -0.356 e. The van der Waals surface area contributed by atoms with E-state index >= 15 is 0 Å². The van der Waals surface area contributed by atoms with Gasteiger partial charge >= 0.3 is 0 Å². The fourth-order valence-electron chi connectivity index (χ4n) is 5.02. The molecule has 0 bridgehead atoms. The maximum Gasteiger partial charge on any atom is 0.228 e. The van der Waals surface area contributed by atoms with E-state index in [0.29, 0.717) is 5.82 Å². The molecule has 0 radical (unpaired) electrons. The second-order valence-electron chi connectivity index (χ2n) is 9.12. The highest BCUT2D eigenvalue weighted by molar-refractivity contribution is 7.19. The van der Waals surface area contributed by atoms with E-state index in [9.17, 15) is 4.79 Å². The average molecular weight is 471 g/mol. The van der Waals surface area contributed by atoms with Crippen LogP contribution in [0.5, 0.6) is 0 Å². The largest absolute Gasteiger partial charge is 0.356 e. The third-order valence-corrected chi connectivity index (χ3v) is 7.98. The van der Waals surface area contributed by atoms with Crippen molar-refractivity contribution < 1.29 is 4.79 Å². The summed E-state index contributed by atoms with van der Waals surface area (Å²) in [5.74, 6) is 2.39. The van der Waals surface area contributed by atoms with Gasteiger partial charge in [0.05, 0.1) is 5.39 Å². The van der Waals surface area contributed by atoms with Crippen molar-refractivity contribution in [2.75, 3.05) is 23.3 Å². The molecule has 0 atom stereocenters. The van der Waals surface area contributed by atoms with Gasteiger partial charge in [0.15, 0.2) is 5.82 Å². The van der Waals surface area contributed by atoms with Gasteiger partial charge in [-0.25, -0.2) is 15.0 Å². The Kier molecular flexibility index (Phi) is 5.45. The first-order valence-electron chi connectivity index (χ1n) is 11.9. The molecule has 0 spiro atoms. The van der Waals surface area contributed by atoms with Gasteiger partial charge in [-0.15, -0.1) is 11.3 Å². The molecule has 0 aromatic carbocycles. The number of pyridine rings is 2. The Morgan fingerprint density at radius 1 is 1.15 bits per heavy atom. The SMILES string of the molecule is Cc1ccnc(NC(=O)C2CCN(c3nc(-c4cccnc4)nc4sc5c(c34)CCC5)CC2)c1. The molecule has 7 nitrogen and oxygen atoms in total. The lowest BCUT2D eigenvalue weighted by molar-refractivity contribution is -0.120. The second kappa shape index (κ2) is 8.76. The molecule has 1 aliphatic carbocycles. The number of carbonyl (C=O) groups excluding carboxylic acids is 1. The van der Waals surface area contributed by atoms with Gasteiger partial charge in [-0.05, 0) is 74.4 Å². The molecule has 4 aromatic rings. The molecule has 1 fully saturated rings. The fraction of sp³-hybridized carbons (Fsp3) is 0.346. The number of hydrogen-bond acceptors (Lipinski definition) is 7. The maximum atomic E-state index is 12.9. The van der Waals surface area contributed by atoms with E-state index in [1.807, 2.05) is 48.7 Å². The molecule has 1 amide bonds. The first-order chi connectivity index (χ1) is 16.7. The van der Waals surface area contributed by atoms with Crippen LogP contribution < -0.4 is 10.2 Å². The van der Waals surface area contributed by atoms with Crippen LogP contribution in [-0.2, 0) is 17.6 Å². The van der Waals surface area contributed by atoms with Crippen LogP contribution in [0.15, 0.2) is 42.9 Å². The lowest BCUT2D eigenvalue weighted by atomic mass is 9.95. The van der Waals surface area contributed by atoms with Crippen LogP contribution in [-0.4, -0.2) is 38.9 Å². The first kappa shape index (κ1) is 21.2. The Morgan fingerprint density at radius 2 is 2.03 bits per heavy atom. The third kappa shape index (κ3) is 3.92. The van der Waals surface area contributed by atoms with Gasteiger partial charge in [0.2, 0.25) is 5.91 Å². The third-order valence-electron chi connectivity index (χ3n) is 6.80. The van der Waals surface area contributed by atoms with E-state index in [4.69, 9.17) is 9.97 Å². The molecule has 0 saturated carbocycles. The summed E-state index contributed by atoms with van der Waals surface area (Å²) < 4.78 is 0. The molecule has 1 N–H and O–H groups in total. The highest BCUT2D eigenvalue weighted by atomic mass is 32.1. The van der Waals surface area contributed by atoms with E-state index in [2.05, 4.69) is 20.2 Å². The van der Waals surface area contributed by atoms with Gasteiger partial charge in [-0.3, -0.25) is 9.78 Å². The van der Waals surface area contributed by atoms with E-state index < -0.39 is 0 Å². The molecule has 6 rings (SSSR count). The summed E-state index contributed by atoms with van der Waals surface area (Å²) in [4.78, 5) is 36.3. The van der Waals surface area contributed by atoms with Crippen molar-refractivity contribution in [1.29, 1.82) is 0 Å². The lowest BCUT2D eigenvalue weighted by Crippen LogP contribution is -2.38. The molecule has 4 aromatic heterocycles. The number of aryl methyl sites for hydroxylation is 3. The second-order valence-corrected chi connectivity index (χ2v) is 10.2. The average Bonchev–Trinajstić information content (AvgIpc) is 3.45. The number of thiophene rings is 1.